The molecule has 1 aliphatic heterocycles. The van der Waals surface area contributed by atoms with Crippen LogP contribution in [0.4, 0.5) is 0 Å². The van der Waals surface area contributed by atoms with Gasteiger partial charge in [-0.05, 0) is 13.3 Å². The molecule has 1 atom stereocenters. The number of carbonyl (C=O) groups excluding carboxylic acids is 2. The van der Waals surface area contributed by atoms with Gasteiger partial charge in [-0.15, -0.1) is 0 Å². The highest BCUT2D eigenvalue weighted by molar-refractivity contribution is 5.91. The number of rotatable bonds is 1. The van der Waals surface area contributed by atoms with Gasteiger partial charge < -0.3 is 10.1 Å². The third-order valence-electron chi connectivity index (χ3n) is 1.90. The van der Waals surface area contributed by atoms with E-state index < -0.39 is 5.54 Å². The minimum atomic E-state index is -0.786. The molecule has 0 saturated carbocycles. The Hall–Kier alpha value is -1.06. The van der Waals surface area contributed by atoms with Gasteiger partial charge in [0.25, 0.3) is 0 Å². The second-order valence-electron chi connectivity index (χ2n) is 2.87. The Morgan fingerprint density at radius 1 is 1.73 bits per heavy atom. The molecule has 0 aromatic carbocycles. The summed E-state index contributed by atoms with van der Waals surface area (Å²) in [4.78, 5) is 21.8. The number of ether oxygens (including phenoxy) is 1. The van der Waals surface area contributed by atoms with E-state index in [9.17, 15) is 9.59 Å². The van der Waals surface area contributed by atoms with Crippen molar-refractivity contribution in [1.82, 2.24) is 5.32 Å². The van der Waals surface area contributed by atoms with Gasteiger partial charge in [-0.25, -0.2) is 4.79 Å². The lowest BCUT2D eigenvalue weighted by Gasteiger charge is -2.19. The largest absolute Gasteiger partial charge is 0.467 e. The summed E-state index contributed by atoms with van der Waals surface area (Å²) >= 11 is 0. The SMILES string of the molecule is COC(=O)[C@@]1(C)CCC(=O)N1. The van der Waals surface area contributed by atoms with Gasteiger partial charge in [0.05, 0.1) is 7.11 Å². The van der Waals surface area contributed by atoms with Gasteiger partial charge in [-0.1, -0.05) is 0 Å². The van der Waals surface area contributed by atoms with Gasteiger partial charge >= 0.3 is 5.97 Å². The first-order valence-corrected chi connectivity index (χ1v) is 3.48. The summed E-state index contributed by atoms with van der Waals surface area (Å²) in [5.41, 5.74) is -0.786. The normalized spacial score (nSPS) is 29.8. The van der Waals surface area contributed by atoms with Crippen LogP contribution in [-0.2, 0) is 14.3 Å². The second kappa shape index (κ2) is 2.53. The standard InChI is InChI=1S/C7H11NO3/c1-7(6(10)11-2)4-3-5(9)8-7/h3-4H2,1-2H3,(H,8,9)/t7-/m1/s1. The zero-order valence-corrected chi connectivity index (χ0v) is 6.64. The van der Waals surface area contributed by atoms with Gasteiger partial charge in [-0.3, -0.25) is 4.79 Å². The first-order chi connectivity index (χ1) is 5.08. The lowest BCUT2D eigenvalue weighted by Crippen LogP contribution is -2.46. The van der Waals surface area contributed by atoms with Crippen molar-refractivity contribution < 1.29 is 14.3 Å². The number of hydrogen-bond acceptors (Lipinski definition) is 3. The topological polar surface area (TPSA) is 55.4 Å². The van der Waals surface area contributed by atoms with Crippen LogP contribution in [0.2, 0.25) is 0 Å². The second-order valence-corrected chi connectivity index (χ2v) is 2.87. The molecule has 62 valence electrons. The van der Waals surface area contributed by atoms with Gasteiger partial charge in [0.1, 0.15) is 5.54 Å². The third kappa shape index (κ3) is 1.34. The smallest absolute Gasteiger partial charge is 0.331 e. The maximum atomic E-state index is 11.0. The van der Waals surface area contributed by atoms with Crippen LogP contribution in [0.5, 0.6) is 0 Å². The zero-order chi connectivity index (χ0) is 8.48. The van der Waals surface area contributed by atoms with E-state index >= 15 is 0 Å². The molecule has 0 aromatic heterocycles. The Balaban J connectivity index is 2.69. The number of methoxy groups -OCH3 is 1. The summed E-state index contributed by atoms with van der Waals surface area (Å²) in [5, 5.41) is 2.57. The maximum absolute atomic E-state index is 11.0. The number of carbonyl (C=O) groups is 2. The molecule has 11 heavy (non-hydrogen) atoms. The van der Waals surface area contributed by atoms with E-state index in [0.29, 0.717) is 12.8 Å². The third-order valence-corrected chi connectivity index (χ3v) is 1.90. The quantitative estimate of drug-likeness (QED) is 0.537. The first-order valence-electron chi connectivity index (χ1n) is 3.48. The lowest BCUT2D eigenvalue weighted by atomic mass is 10.0. The molecule has 1 saturated heterocycles. The van der Waals surface area contributed by atoms with Crippen molar-refractivity contribution in [3.05, 3.63) is 0 Å². The Kier molecular flexibility index (Phi) is 1.85. The predicted molar refractivity (Wildman–Crippen MR) is 37.8 cm³/mol. The lowest BCUT2D eigenvalue weighted by molar-refractivity contribution is -0.148. The maximum Gasteiger partial charge on any atom is 0.331 e. The number of esters is 1. The van der Waals surface area contributed by atoms with E-state index in [4.69, 9.17) is 0 Å². The highest BCUT2D eigenvalue weighted by atomic mass is 16.5. The van der Waals surface area contributed by atoms with E-state index in [2.05, 4.69) is 10.1 Å². The molecular formula is C7H11NO3. The Bertz CT molecular complexity index is 202. The molecule has 0 unspecified atom stereocenters. The molecule has 1 amide bonds. The summed E-state index contributed by atoms with van der Waals surface area (Å²) in [7, 11) is 1.32. The van der Waals surface area contributed by atoms with Crippen molar-refractivity contribution in [2.75, 3.05) is 7.11 Å². The number of hydrogen-bond donors (Lipinski definition) is 1. The van der Waals surface area contributed by atoms with Crippen LogP contribution < -0.4 is 5.32 Å². The summed E-state index contributed by atoms with van der Waals surface area (Å²) in [6, 6.07) is 0. The average Bonchev–Trinajstić information content (AvgIpc) is 2.31. The van der Waals surface area contributed by atoms with Crippen LogP contribution in [0, 0.1) is 0 Å². The van der Waals surface area contributed by atoms with E-state index in [-0.39, 0.29) is 11.9 Å². The van der Waals surface area contributed by atoms with Crippen LogP contribution in [0.15, 0.2) is 0 Å². The van der Waals surface area contributed by atoms with Gasteiger partial charge in [-0.2, -0.15) is 0 Å². The summed E-state index contributed by atoms with van der Waals surface area (Å²) < 4.78 is 4.53. The van der Waals surface area contributed by atoms with E-state index in [0.717, 1.165) is 0 Å². The van der Waals surface area contributed by atoms with Gasteiger partial charge in [0, 0.05) is 6.42 Å². The molecule has 0 bridgehead atoms. The fraction of sp³-hybridized carbons (Fsp3) is 0.714. The monoisotopic (exact) mass is 157 g/mol. The minimum Gasteiger partial charge on any atom is -0.467 e. The molecule has 1 heterocycles. The molecule has 4 nitrogen and oxygen atoms in total. The van der Waals surface area contributed by atoms with Crippen LogP contribution in [-0.4, -0.2) is 24.5 Å². The van der Waals surface area contributed by atoms with Crippen LogP contribution in [0.3, 0.4) is 0 Å². The van der Waals surface area contributed by atoms with E-state index in [1.165, 1.54) is 7.11 Å². The fourth-order valence-corrected chi connectivity index (χ4v) is 1.17. The highest BCUT2D eigenvalue weighted by Gasteiger charge is 2.40. The Morgan fingerprint density at radius 3 is 2.73 bits per heavy atom. The van der Waals surface area contributed by atoms with Crippen molar-refractivity contribution in [1.29, 1.82) is 0 Å². The van der Waals surface area contributed by atoms with Gasteiger partial charge in [0.2, 0.25) is 5.91 Å². The number of amides is 1. The highest BCUT2D eigenvalue weighted by Crippen LogP contribution is 2.20. The molecule has 0 aromatic rings. The molecule has 1 rings (SSSR count). The summed E-state index contributed by atoms with van der Waals surface area (Å²) in [5.74, 6) is -0.457. The van der Waals surface area contributed by atoms with Crippen molar-refractivity contribution in [2.24, 2.45) is 0 Å². The van der Waals surface area contributed by atoms with Crippen molar-refractivity contribution in [3.8, 4) is 0 Å². The van der Waals surface area contributed by atoms with Crippen molar-refractivity contribution in [3.63, 3.8) is 0 Å². The molecule has 0 spiro atoms. The first kappa shape index (κ1) is 8.04. The molecule has 1 fully saturated rings. The van der Waals surface area contributed by atoms with Gasteiger partial charge in [0.15, 0.2) is 0 Å². The zero-order valence-electron chi connectivity index (χ0n) is 6.64. The van der Waals surface area contributed by atoms with Crippen molar-refractivity contribution >= 4 is 11.9 Å². The van der Waals surface area contributed by atoms with E-state index in [1.54, 1.807) is 6.92 Å². The predicted octanol–water partition coefficient (Wildman–Crippen LogP) is -0.172. The summed E-state index contributed by atoms with van der Waals surface area (Å²) in [6.07, 6.45) is 0.935. The van der Waals surface area contributed by atoms with Crippen LogP contribution in [0.1, 0.15) is 19.8 Å². The summed E-state index contributed by atoms with van der Waals surface area (Å²) in [6.45, 7) is 1.67. The Labute approximate surface area is 64.9 Å². The molecule has 0 aliphatic carbocycles. The molecular weight excluding hydrogens is 146 g/mol. The fourth-order valence-electron chi connectivity index (χ4n) is 1.17. The van der Waals surface area contributed by atoms with Crippen LogP contribution in [0.25, 0.3) is 0 Å². The average molecular weight is 157 g/mol. The molecule has 4 heteroatoms. The van der Waals surface area contributed by atoms with E-state index in [1.807, 2.05) is 0 Å². The molecule has 1 N–H and O–H groups in total. The minimum absolute atomic E-state index is 0.0853. The molecule has 0 radical (unpaired) electrons. The molecule has 1 aliphatic rings. The Morgan fingerprint density at radius 2 is 2.36 bits per heavy atom. The van der Waals surface area contributed by atoms with Crippen LogP contribution >= 0.6 is 0 Å². The van der Waals surface area contributed by atoms with Crippen molar-refractivity contribution in [2.45, 2.75) is 25.3 Å². The number of nitrogens with one attached hydrogen (secondary N) is 1.